The molecular formula is C26H34N4O6. The summed E-state index contributed by atoms with van der Waals surface area (Å²) < 4.78 is 9.96. The number of rotatable bonds is 15. The summed E-state index contributed by atoms with van der Waals surface area (Å²) >= 11 is 0. The van der Waals surface area contributed by atoms with Crippen molar-refractivity contribution in [2.24, 2.45) is 10.2 Å². The third kappa shape index (κ3) is 10.5. The van der Waals surface area contributed by atoms with Crippen LogP contribution in [-0.4, -0.2) is 48.7 Å². The number of methoxy groups -OCH3 is 2. The van der Waals surface area contributed by atoms with Crippen molar-refractivity contribution < 1.29 is 29.3 Å². The van der Waals surface area contributed by atoms with Crippen molar-refractivity contribution in [1.82, 2.24) is 10.9 Å². The Kier molecular flexibility index (Phi) is 12.3. The van der Waals surface area contributed by atoms with Crippen LogP contribution < -0.4 is 20.3 Å². The number of nitrogens with zero attached hydrogens (tertiary/aromatic N) is 2. The summed E-state index contributed by atoms with van der Waals surface area (Å²) in [5.74, 6) is 0.438. The van der Waals surface area contributed by atoms with E-state index in [-0.39, 0.29) is 23.3 Å². The number of phenolic OH excluding ortho intramolecular Hbond substituents is 2. The topological polar surface area (TPSA) is 142 Å². The van der Waals surface area contributed by atoms with Crippen LogP contribution in [0, 0.1) is 0 Å². The van der Waals surface area contributed by atoms with Crippen LogP contribution in [0.2, 0.25) is 0 Å². The van der Waals surface area contributed by atoms with Gasteiger partial charge in [-0.15, -0.1) is 0 Å². The van der Waals surface area contributed by atoms with E-state index in [9.17, 15) is 19.8 Å². The van der Waals surface area contributed by atoms with Gasteiger partial charge in [0.1, 0.15) is 0 Å². The summed E-state index contributed by atoms with van der Waals surface area (Å²) in [6.07, 6.45) is 9.05. The fourth-order valence-corrected chi connectivity index (χ4v) is 3.32. The summed E-state index contributed by atoms with van der Waals surface area (Å²) in [7, 11) is 2.94. The van der Waals surface area contributed by atoms with Crippen LogP contribution in [0.4, 0.5) is 0 Å². The third-order valence-electron chi connectivity index (χ3n) is 5.27. The molecule has 194 valence electrons. The number of carbonyl (C=O) groups is 2. The molecule has 10 heteroatoms. The minimum atomic E-state index is -0.161. The first-order valence-electron chi connectivity index (χ1n) is 11.8. The van der Waals surface area contributed by atoms with E-state index in [1.807, 2.05) is 0 Å². The lowest BCUT2D eigenvalue weighted by Gasteiger charge is -2.04. The minimum absolute atomic E-state index is 0.00790. The van der Waals surface area contributed by atoms with Gasteiger partial charge in [0.25, 0.3) is 0 Å². The lowest BCUT2D eigenvalue weighted by molar-refractivity contribution is -0.122. The van der Waals surface area contributed by atoms with Gasteiger partial charge in [0.05, 0.1) is 26.6 Å². The Hall–Kier alpha value is -4.08. The fraction of sp³-hybridized carbons (Fsp3) is 0.385. The number of hydrogen-bond donors (Lipinski definition) is 4. The van der Waals surface area contributed by atoms with Crippen molar-refractivity contribution in [2.75, 3.05) is 14.2 Å². The maximum atomic E-state index is 11.9. The monoisotopic (exact) mass is 498 g/mol. The van der Waals surface area contributed by atoms with E-state index in [1.54, 1.807) is 24.3 Å². The first-order chi connectivity index (χ1) is 17.4. The second kappa shape index (κ2) is 15.8. The average molecular weight is 499 g/mol. The van der Waals surface area contributed by atoms with Crippen molar-refractivity contribution in [1.29, 1.82) is 0 Å². The molecule has 0 aliphatic carbocycles. The average Bonchev–Trinajstić information content (AvgIpc) is 2.86. The Morgan fingerprint density at radius 3 is 1.47 bits per heavy atom. The van der Waals surface area contributed by atoms with E-state index in [0.29, 0.717) is 35.5 Å². The molecule has 0 aliphatic rings. The Balaban J connectivity index is 1.49. The van der Waals surface area contributed by atoms with Crippen LogP contribution in [0.15, 0.2) is 46.6 Å². The van der Waals surface area contributed by atoms with Gasteiger partial charge in [-0.05, 0) is 60.4 Å². The predicted molar refractivity (Wildman–Crippen MR) is 138 cm³/mol. The van der Waals surface area contributed by atoms with E-state index in [2.05, 4.69) is 21.1 Å². The molecule has 0 bridgehead atoms. The van der Waals surface area contributed by atoms with E-state index < -0.39 is 0 Å². The highest BCUT2D eigenvalue weighted by Gasteiger charge is 2.04. The maximum absolute atomic E-state index is 11.9. The molecule has 2 aromatic carbocycles. The molecular weight excluding hydrogens is 464 g/mol. The highest BCUT2D eigenvalue weighted by atomic mass is 16.5. The van der Waals surface area contributed by atoms with Crippen molar-refractivity contribution in [3.8, 4) is 23.0 Å². The van der Waals surface area contributed by atoms with Crippen LogP contribution in [0.3, 0.4) is 0 Å². The number of ether oxygens (including phenoxy) is 2. The molecule has 0 fully saturated rings. The highest BCUT2D eigenvalue weighted by Crippen LogP contribution is 2.26. The molecule has 2 amide bonds. The van der Waals surface area contributed by atoms with Crippen LogP contribution in [0.5, 0.6) is 23.0 Å². The zero-order valence-electron chi connectivity index (χ0n) is 20.7. The summed E-state index contributed by atoms with van der Waals surface area (Å²) in [6, 6.07) is 9.69. The van der Waals surface area contributed by atoms with Crippen LogP contribution in [0.1, 0.15) is 62.5 Å². The molecule has 0 saturated heterocycles. The van der Waals surface area contributed by atoms with Crippen molar-refractivity contribution in [3.63, 3.8) is 0 Å². The molecule has 4 N–H and O–H groups in total. The molecule has 0 unspecified atom stereocenters. The maximum Gasteiger partial charge on any atom is 0.240 e. The summed E-state index contributed by atoms with van der Waals surface area (Å²) in [6.45, 7) is 0. The SMILES string of the molecule is COc1ccc(C=NNC(=O)CCCCCCCCC(=O)NN=Cc2ccc(OC)c(O)c2)cc1O. The molecule has 0 heterocycles. The molecule has 0 spiro atoms. The van der Waals surface area contributed by atoms with Gasteiger partial charge in [-0.25, -0.2) is 10.9 Å². The van der Waals surface area contributed by atoms with Gasteiger partial charge in [0.15, 0.2) is 23.0 Å². The fourth-order valence-electron chi connectivity index (χ4n) is 3.32. The van der Waals surface area contributed by atoms with Gasteiger partial charge in [0, 0.05) is 12.8 Å². The number of nitrogens with one attached hydrogen (secondary N) is 2. The second-order valence-electron chi connectivity index (χ2n) is 8.07. The first kappa shape index (κ1) is 28.2. The lowest BCUT2D eigenvalue weighted by atomic mass is 10.1. The van der Waals surface area contributed by atoms with E-state index in [0.717, 1.165) is 38.5 Å². The number of benzene rings is 2. The van der Waals surface area contributed by atoms with E-state index in [1.165, 1.54) is 38.8 Å². The molecule has 0 atom stereocenters. The summed E-state index contributed by atoms with van der Waals surface area (Å²) in [5, 5.41) is 27.3. The zero-order valence-corrected chi connectivity index (χ0v) is 20.7. The predicted octanol–water partition coefficient (Wildman–Crippen LogP) is 3.84. The molecule has 0 aromatic heterocycles. The molecule has 0 radical (unpaired) electrons. The smallest absolute Gasteiger partial charge is 0.240 e. The number of amides is 2. The molecule has 2 aromatic rings. The molecule has 10 nitrogen and oxygen atoms in total. The lowest BCUT2D eigenvalue weighted by Crippen LogP contribution is -2.17. The molecule has 36 heavy (non-hydrogen) atoms. The minimum Gasteiger partial charge on any atom is -0.504 e. The Morgan fingerprint density at radius 2 is 1.11 bits per heavy atom. The normalized spacial score (nSPS) is 11.1. The molecule has 2 rings (SSSR count). The standard InChI is InChI=1S/C26H34N4O6/c1-35-23-13-11-19(15-21(23)31)17-27-29-25(33)9-7-5-3-4-6-8-10-26(34)30-28-18-20-12-14-24(36-2)22(32)16-20/h11-18,31-32H,3-10H2,1-2H3,(H,29,33)(H,30,34). The van der Waals surface area contributed by atoms with Crippen LogP contribution >= 0.6 is 0 Å². The van der Waals surface area contributed by atoms with E-state index >= 15 is 0 Å². The highest BCUT2D eigenvalue weighted by molar-refractivity contribution is 5.84. The number of hydrogen-bond acceptors (Lipinski definition) is 8. The number of hydrazone groups is 2. The Labute approximate surface area is 211 Å². The van der Waals surface area contributed by atoms with Crippen molar-refractivity contribution in [3.05, 3.63) is 47.5 Å². The van der Waals surface area contributed by atoms with Gasteiger partial charge in [-0.3, -0.25) is 9.59 Å². The van der Waals surface area contributed by atoms with E-state index in [4.69, 9.17) is 9.47 Å². The Morgan fingerprint density at radius 1 is 0.722 bits per heavy atom. The van der Waals surface area contributed by atoms with Crippen LogP contribution in [-0.2, 0) is 9.59 Å². The number of phenols is 2. The van der Waals surface area contributed by atoms with Gasteiger partial charge >= 0.3 is 0 Å². The van der Waals surface area contributed by atoms with Crippen molar-refractivity contribution in [2.45, 2.75) is 51.4 Å². The first-order valence-corrected chi connectivity index (χ1v) is 11.8. The molecule has 0 saturated carbocycles. The molecule has 0 aliphatic heterocycles. The zero-order chi connectivity index (χ0) is 26.2. The largest absolute Gasteiger partial charge is 0.504 e. The van der Waals surface area contributed by atoms with Gasteiger partial charge in [-0.2, -0.15) is 10.2 Å². The summed E-state index contributed by atoms with van der Waals surface area (Å²) in [4.78, 5) is 23.7. The quantitative estimate of drug-likeness (QED) is 0.167. The third-order valence-corrected chi connectivity index (χ3v) is 5.27. The van der Waals surface area contributed by atoms with Crippen LogP contribution in [0.25, 0.3) is 0 Å². The Bertz CT molecular complexity index is 971. The summed E-state index contributed by atoms with van der Waals surface area (Å²) in [5.41, 5.74) is 6.25. The van der Waals surface area contributed by atoms with Gasteiger partial charge < -0.3 is 19.7 Å². The van der Waals surface area contributed by atoms with Crippen molar-refractivity contribution >= 4 is 24.2 Å². The number of aromatic hydroxyl groups is 2. The van der Waals surface area contributed by atoms with Gasteiger partial charge in [-0.1, -0.05) is 25.7 Å². The number of carbonyl (C=O) groups excluding carboxylic acids is 2. The second-order valence-corrected chi connectivity index (χ2v) is 8.07. The number of unbranched alkanes of at least 4 members (excludes halogenated alkanes) is 5. The van der Waals surface area contributed by atoms with Gasteiger partial charge in [0.2, 0.25) is 11.8 Å².